The third-order valence-corrected chi connectivity index (χ3v) is 13.2. The van der Waals surface area contributed by atoms with Gasteiger partial charge in [-0.2, -0.15) is 0 Å². The fourth-order valence-corrected chi connectivity index (χ4v) is 10.0. The van der Waals surface area contributed by atoms with Gasteiger partial charge in [-0.25, -0.2) is 0 Å². The van der Waals surface area contributed by atoms with Crippen molar-refractivity contribution in [1.29, 1.82) is 0 Å². The van der Waals surface area contributed by atoms with Gasteiger partial charge in [0.25, 0.3) is 0 Å². The zero-order valence-electron chi connectivity index (χ0n) is 35.0. The second-order valence-corrected chi connectivity index (χ2v) is 17.4. The molecule has 0 amide bonds. The number of anilines is 9. The van der Waals surface area contributed by atoms with E-state index in [0.29, 0.717) is 0 Å². The molecule has 0 fully saturated rings. The van der Waals surface area contributed by atoms with Gasteiger partial charge in [0.15, 0.2) is 0 Å². The van der Waals surface area contributed by atoms with Crippen LogP contribution in [0.25, 0.3) is 21.9 Å². The fraction of sp³-hybridized carbons (Fsp3) is 0.103. The van der Waals surface area contributed by atoms with Gasteiger partial charge >= 0.3 is 0 Å². The van der Waals surface area contributed by atoms with E-state index in [1.807, 2.05) is 0 Å². The molecule has 0 saturated heterocycles. The maximum Gasteiger partial charge on any atom is 0.0545 e. The molecule has 0 aliphatic carbocycles. The maximum atomic E-state index is 2.56. The Hall–Kier alpha value is -7.36. The molecular weight excluding hydrogens is 739 g/mol. The molecule has 11 rings (SSSR count). The second kappa shape index (κ2) is 14.1. The quantitative estimate of drug-likeness (QED) is 0.159. The van der Waals surface area contributed by atoms with Crippen LogP contribution in [-0.4, -0.2) is 0 Å². The van der Waals surface area contributed by atoms with Crippen molar-refractivity contribution in [3.63, 3.8) is 0 Å². The number of nitrogens with zero attached hydrogens (tertiary/aromatic N) is 3. The Morgan fingerprint density at radius 2 is 0.836 bits per heavy atom. The molecule has 2 heterocycles. The molecule has 2 aliphatic rings. The Balaban J connectivity index is 1.09. The van der Waals surface area contributed by atoms with Crippen LogP contribution in [0.5, 0.6) is 0 Å². The molecule has 0 radical (unpaired) electrons. The minimum atomic E-state index is -0.331. The Labute approximate surface area is 359 Å². The van der Waals surface area contributed by atoms with E-state index < -0.39 is 0 Å². The first-order chi connectivity index (χ1) is 29.8. The summed E-state index contributed by atoms with van der Waals surface area (Å²) in [5.74, 6) is 0. The maximum absolute atomic E-state index is 2.56. The van der Waals surface area contributed by atoms with E-state index in [9.17, 15) is 0 Å². The molecule has 9 aromatic rings. The number of benzene rings is 9. The zero-order valence-corrected chi connectivity index (χ0v) is 35.0. The lowest BCUT2D eigenvalue weighted by atomic mass is 9.66. The molecule has 0 saturated carbocycles. The van der Waals surface area contributed by atoms with Gasteiger partial charge in [0, 0.05) is 44.7 Å². The van der Waals surface area contributed by atoms with E-state index in [2.05, 4.69) is 255 Å². The predicted octanol–water partition coefficient (Wildman–Crippen LogP) is 16.2. The van der Waals surface area contributed by atoms with Gasteiger partial charge in [0.05, 0.1) is 22.7 Å². The Bertz CT molecular complexity index is 3030. The summed E-state index contributed by atoms with van der Waals surface area (Å²) in [6.07, 6.45) is 0. The lowest BCUT2D eigenvalue weighted by Gasteiger charge is -2.50. The van der Waals surface area contributed by atoms with Crippen molar-refractivity contribution in [3.8, 4) is 11.1 Å². The Morgan fingerprint density at radius 1 is 0.344 bits per heavy atom. The van der Waals surface area contributed by atoms with Crippen molar-refractivity contribution < 1.29 is 0 Å². The molecule has 3 nitrogen and oxygen atoms in total. The summed E-state index contributed by atoms with van der Waals surface area (Å²) in [4.78, 5) is 7.35. The molecule has 0 bridgehead atoms. The number of hydrogen-bond acceptors (Lipinski definition) is 3. The SMILES string of the molecule is CC1(C)c2ccccc2N2c3ccc(-c4ccc(N(c5ccccc5)c5ccccc5)cc4)cc3C(C)(C)c3cc(N(c4ccccc4)c4cccc5ccccc45)cc1c32. The molecular formula is C58H47N3. The molecule has 2 aliphatic heterocycles. The molecule has 3 heteroatoms. The highest BCUT2D eigenvalue weighted by Crippen LogP contribution is 2.61. The third kappa shape index (κ3) is 5.87. The van der Waals surface area contributed by atoms with Crippen LogP contribution in [0.4, 0.5) is 51.2 Å². The Kier molecular flexibility index (Phi) is 8.51. The number of hydrogen-bond donors (Lipinski definition) is 0. The minimum absolute atomic E-state index is 0.253. The van der Waals surface area contributed by atoms with Gasteiger partial charge < -0.3 is 14.7 Å². The summed E-state index contributed by atoms with van der Waals surface area (Å²) in [6.45, 7) is 9.65. The predicted molar refractivity (Wildman–Crippen MR) is 258 cm³/mol. The number of rotatable bonds is 7. The highest BCUT2D eigenvalue weighted by molar-refractivity contribution is 6.01. The molecule has 61 heavy (non-hydrogen) atoms. The summed E-state index contributed by atoms with van der Waals surface area (Å²) in [5, 5.41) is 2.45. The average molecular weight is 786 g/mol. The van der Waals surface area contributed by atoms with Gasteiger partial charge in [0.2, 0.25) is 0 Å². The van der Waals surface area contributed by atoms with Crippen LogP contribution in [0.15, 0.2) is 212 Å². The fourth-order valence-electron chi connectivity index (χ4n) is 10.0. The molecule has 0 unspecified atom stereocenters. The van der Waals surface area contributed by atoms with Crippen molar-refractivity contribution in [1.82, 2.24) is 0 Å². The van der Waals surface area contributed by atoms with Crippen LogP contribution >= 0.6 is 0 Å². The first kappa shape index (κ1) is 36.7. The van der Waals surface area contributed by atoms with Gasteiger partial charge in [-0.1, -0.05) is 155 Å². The molecule has 0 aromatic heterocycles. The third-order valence-electron chi connectivity index (χ3n) is 13.2. The van der Waals surface area contributed by atoms with Crippen LogP contribution in [0.1, 0.15) is 49.9 Å². The lowest BCUT2D eigenvalue weighted by molar-refractivity contribution is 0.597. The van der Waals surface area contributed by atoms with Crippen molar-refractivity contribution in [2.75, 3.05) is 14.7 Å². The summed E-state index contributed by atoms with van der Waals surface area (Å²) in [5.41, 5.74) is 17.7. The molecule has 9 aromatic carbocycles. The van der Waals surface area contributed by atoms with Gasteiger partial charge in [-0.15, -0.1) is 0 Å². The van der Waals surface area contributed by atoms with Crippen LogP contribution < -0.4 is 14.7 Å². The van der Waals surface area contributed by atoms with Crippen LogP contribution in [-0.2, 0) is 10.8 Å². The van der Waals surface area contributed by atoms with E-state index in [1.54, 1.807) is 0 Å². The van der Waals surface area contributed by atoms with Crippen molar-refractivity contribution in [2.24, 2.45) is 0 Å². The topological polar surface area (TPSA) is 9.72 Å². The first-order valence-corrected chi connectivity index (χ1v) is 21.4. The molecule has 0 spiro atoms. The average Bonchev–Trinajstić information content (AvgIpc) is 3.30. The van der Waals surface area contributed by atoms with Crippen LogP contribution in [0.2, 0.25) is 0 Å². The lowest BCUT2D eigenvalue weighted by Crippen LogP contribution is -2.38. The molecule has 0 atom stereocenters. The summed E-state index contributed by atoms with van der Waals surface area (Å²) in [6, 6.07) is 77.6. The van der Waals surface area contributed by atoms with Crippen LogP contribution in [0, 0.1) is 0 Å². The number of fused-ring (bicyclic) bond motifs is 5. The van der Waals surface area contributed by atoms with E-state index in [4.69, 9.17) is 0 Å². The van der Waals surface area contributed by atoms with E-state index >= 15 is 0 Å². The largest absolute Gasteiger partial charge is 0.311 e. The highest BCUT2D eigenvalue weighted by atomic mass is 15.2. The van der Waals surface area contributed by atoms with Crippen LogP contribution in [0.3, 0.4) is 0 Å². The standard InChI is InChI=1S/C58H47N3/c1-57(2)49-28-16-17-29-54(49)61-55-36-33-42(40-31-34-46(35-32-40)59(43-21-8-5-9-22-43)44-23-10-6-11-24-44)37-50(55)58(3,4)52-39-47(38-51(57)56(52)61)60(45-25-12-7-13-26-45)53-30-18-20-41-19-14-15-27-48(41)53/h5-39H,1-4H3. The van der Waals surface area contributed by atoms with Gasteiger partial charge in [0.1, 0.15) is 0 Å². The summed E-state index contributed by atoms with van der Waals surface area (Å²) in [7, 11) is 0. The van der Waals surface area contributed by atoms with E-state index in [1.165, 1.54) is 66.9 Å². The van der Waals surface area contributed by atoms with E-state index in [0.717, 1.165) is 28.4 Å². The van der Waals surface area contributed by atoms with Gasteiger partial charge in [-0.05, 0) is 124 Å². The Morgan fingerprint density at radius 3 is 1.49 bits per heavy atom. The highest BCUT2D eigenvalue weighted by Gasteiger charge is 2.46. The zero-order chi connectivity index (χ0) is 41.3. The number of para-hydroxylation sites is 4. The monoisotopic (exact) mass is 785 g/mol. The summed E-state index contributed by atoms with van der Waals surface area (Å²) < 4.78 is 0. The second-order valence-electron chi connectivity index (χ2n) is 17.4. The summed E-state index contributed by atoms with van der Waals surface area (Å²) >= 11 is 0. The first-order valence-electron chi connectivity index (χ1n) is 21.4. The van der Waals surface area contributed by atoms with Gasteiger partial charge in [-0.3, -0.25) is 0 Å². The molecule has 0 N–H and O–H groups in total. The molecule has 294 valence electrons. The normalized spacial score (nSPS) is 14.1. The minimum Gasteiger partial charge on any atom is -0.311 e. The van der Waals surface area contributed by atoms with Crippen molar-refractivity contribution >= 4 is 62.0 Å². The van der Waals surface area contributed by atoms with Crippen molar-refractivity contribution in [3.05, 3.63) is 235 Å². The van der Waals surface area contributed by atoms with Crippen molar-refractivity contribution in [2.45, 2.75) is 38.5 Å². The smallest absolute Gasteiger partial charge is 0.0545 e. The van der Waals surface area contributed by atoms with E-state index in [-0.39, 0.29) is 10.8 Å².